The van der Waals surface area contributed by atoms with Crippen molar-refractivity contribution in [2.24, 2.45) is 0 Å². The van der Waals surface area contributed by atoms with Crippen molar-refractivity contribution in [2.45, 2.75) is 25.5 Å². The van der Waals surface area contributed by atoms with E-state index in [1.54, 1.807) is 0 Å². The summed E-state index contributed by atoms with van der Waals surface area (Å²) in [6, 6.07) is 13.7. The number of nitrogens with zero attached hydrogens (tertiary/aromatic N) is 2. The molecule has 1 atom stereocenters. The molecule has 6 nitrogen and oxygen atoms in total. The molecular formula is C20H21ClN4O2. The van der Waals surface area contributed by atoms with Gasteiger partial charge in [-0.3, -0.25) is 5.10 Å². The van der Waals surface area contributed by atoms with E-state index < -0.39 is 0 Å². The molecule has 1 saturated heterocycles. The molecule has 7 heteroatoms. The zero-order valence-electron chi connectivity index (χ0n) is 14.8. The molecule has 1 aliphatic heterocycles. The van der Waals surface area contributed by atoms with E-state index in [0.29, 0.717) is 18.2 Å². The number of anilines is 1. The number of halogens is 1. The van der Waals surface area contributed by atoms with Crippen molar-refractivity contribution in [1.29, 1.82) is 0 Å². The SMILES string of the molecule is Clc1ccc(OC[C@@H]2CCCO2)c(CNc2cccc(-c3ncn[nH]3)c2)c1. The Kier molecular flexibility index (Phi) is 5.55. The molecule has 0 spiro atoms. The van der Waals surface area contributed by atoms with E-state index in [1.807, 2.05) is 42.5 Å². The second-order valence-corrected chi connectivity index (χ2v) is 6.90. The average molecular weight is 385 g/mol. The van der Waals surface area contributed by atoms with Crippen LogP contribution >= 0.6 is 11.6 Å². The van der Waals surface area contributed by atoms with Crippen LogP contribution in [0, 0.1) is 0 Å². The first-order chi connectivity index (χ1) is 13.3. The van der Waals surface area contributed by atoms with Crippen LogP contribution in [0.15, 0.2) is 48.8 Å². The molecule has 1 fully saturated rings. The van der Waals surface area contributed by atoms with E-state index in [9.17, 15) is 0 Å². The van der Waals surface area contributed by atoms with Crippen LogP contribution in [0.4, 0.5) is 5.69 Å². The maximum Gasteiger partial charge on any atom is 0.155 e. The minimum Gasteiger partial charge on any atom is -0.491 e. The number of benzene rings is 2. The van der Waals surface area contributed by atoms with Gasteiger partial charge in [-0.15, -0.1) is 0 Å². The minimum atomic E-state index is 0.181. The zero-order valence-corrected chi connectivity index (χ0v) is 15.6. The van der Waals surface area contributed by atoms with E-state index in [0.717, 1.165) is 47.8 Å². The molecule has 1 aromatic heterocycles. The molecule has 0 unspecified atom stereocenters. The Bertz CT molecular complexity index is 879. The fraction of sp³-hybridized carbons (Fsp3) is 0.300. The summed E-state index contributed by atoms with van der Waals surface area (Å²) in [5, 5.41) is 10.9. The number of rotatable bonds is 7. The topological polar surface area (TPSA) is 72.1 Å². The highest BCUT2D eigenvalue weighted by Gasteiger charge is 2.17. The summed E-state index contributed by atoms with van der Waals surface area (Å²) in [5.74, 6) is 1.57. The Hall–Kier alpha value is -2.57. The summed E-state index contributed by atoms with van der Waals surface area (Å²) in [4.78, 5) is 4.19. The van der Waals surface area contributed by atoms with Gasteiger partial charge in [-0.1, -0.05) is 23.7 Å². The number of aromatic amines is 1. The molecule has 27 heavy (non-hydrogen) atoms. The Morgan fingerprint density at radius 2 is 2.22 bits per heavy atom. The summed E-state index contributed by atoms with van der Waals surface area (Å²) in [6.07, 6.45) is 3.83. The number of H-pyrrole nitrogens is 1. The summed E-state index contributed by atoms with van der Waals surface area (Å²) in [7, 11) is 0. The first kappa shape index (κ1) is 17.8. The molecule has 1 aliphatic rings. The fourth-order valence-corrected chi connectivity index (χ4v) is 3.30. The van der Waals surface area contributed by atoms with Gasteiger partial charge in [-0.2, -0.15) is 5.10 Å². The second kappa shape index (κ2) is 8.41. The number of ether oxygens (including phenoxy) is 2. The van der Waals surface area contributed by atoms with Gasteiger partial charge < -0.3 is 14.8 Å². The Morgan fingerprint density at radius 3 is 3.04 bits per heavy atom. The largest absolute Gasteiger partial charge is 0.491 e. The van der Waals surface area contributed by atoms with Crippen LogP contribution in [-0.2, 0) is 11.3 Å². The third-order valence-electron chi connectivity index (χ3n) is 4.51. The van der Waals surface area contributed by atoms with Gasteiger partial charge in [0.2, 0.25) is 0 Å². The number of nitrogens with one attached hydrogen (secondary N) is 2. The van der Waals surface area contributed by atoms with Crippen molar-refractivity contribution in [1.82, 2.24) is 15.2 Å². The van der Waals surface area contributed by atoms with Gasteiger partial charge in [0.05, 0.1) is 6.10 Å². The van der Waals surface area contributed by atoms with Gasteiger partial charge >= 0.3 is 0 Å². The predicted octanol–water partition coefficient (Wildman–Crippen LogP) is 4.30. The van der Waals surface area contributed by atoms with E-state index >= 15 is 0 Å². The monoisotopic (exact) mass is 384 g/mol. The molecule has 2 aromatic carbocycles. The fourth-order valence-electron chi connectivity index (χ4n) is 3.10. The summed E-state index contributed by atoms with van der Waals surface area (Å²) < 4.78 is 11.6. The zero-order chi connectivity index (χ0) is 18.5. The van der Waals surface area contributed by atoms with Crippen LogP contribution in [0.2, 0.25) is 5.02 Å². The summed E-state index contributed by atoms with van der Waals surface area (Å²) in [6.45, 7) is 1.99. The normalized spacial score (nSPS) is 16.4. The third-order valence-corrected chi connectivity index (χ3v) is 4.74. The Balaban J connectivity index is 1.44. The predicted molar refractivity (Wildman–Crippen MR) is 105 cm³/mol. The highest BCUT2D eigenvalue weighted by molar-refractivity contribution is 6.30. The standard InChI is InChI=1S/C20H21ClN4O2/c21-16-6-7-19(27-12-18-5-2-8-26-18)15(9-16)11-22-17-4-1-3-14(10-17)20-23-13-24-25-20/h1,3-4,6-7,9-10,13,18,22H,2,5,8,11-12H2,(H,23,24,25)/t18-/m0/s1. The third kappa shape index (κ3) is 4.59. The second-order valence-electron chi connectivity index (χ2n) is 6.47. The van der Waals surface area contributed by atoms with Crippen molar-refractivity contribution in [3.05, 3.63) is 59.4 Å². The van der Waals surface area contributed by atoms with Crippen molar-refractivity contribution in [3.63, 3.8) is 0 Å². The maximum absolute atomic E-state index is 6.19. The number of aromatic nitrogens is 3. The lowest BCUT2D eigenvalue weighted by Gasteiger charge is -2.16. The van der Waals surface area contributed by atoms with Crippen LogP contribution < -0.4 is 10.1 Å². The van der Waals surface area contributed by atoms with Gasteiger partial charge in [0.25, 0.3) is 0 Å². The lowest BCUT2D eigenvalue weighted by atomic mass is 10.1. The summed E-state index contributed by atoms with van der Waals surface area (Å²) in [5.41, 5.74) is 2.96. The van der Waals surface area contributed by atoms with Gasteiger partial charge in [0, 0.05) is 35.0 Å². The van der Waals surface area contributed by atoms with E-state index in [-0.39, 0.29) is 6.10 Å². The molecule has 2 N–H and O–H groups in total. The smallest absolute Gasteiger partial charge is 0.155 e. The van der Waals surface area contributed by atoms with E-state index in [4.69, 9.17) is 21.1 Å². The molecule has 2 heterocycles. The lowest BCUT2D eigenvalue weighted by molar-refractivity contribution is 0.0676. The first-order valence-electron chi connectivity index (χ1n) is 9.00. The van der Waals surface area contributed by atoms with E-state index in [2.05, 4.69) is 20.5 Å². The van der Waals surface area contributed by atoms with Crippen LogP contribution in [-0.4, -0.2) is 34.5 Å². The first-order valence-corrected chi connectivity index (χ1v) is 9.38. The maximum atomic E-state index is 6.19. The van der Waals surface area contributed by atoms with Crippen LogP contribution in [0.5, 0.6) is 5.75 Å². The molecule has 140 valence electrons. The highest BCUT2D eigenvalue weighted by atomic mass is 35.5. The van der Waals surface area contributed by atoms with Crippen LogP contribution in [0.1, 0.15) is 18.4 Å². The molecule has 0 bridgehead atoms. The van der Waals surface area contributed by atoms with Crippen LogP contribution in [0.3, 0.4) is 0 Å². The Labute approximate surface area is 162 Å². The van der Waals surface area contributed by atoms with E-state index in [1.165, 1.54) is 6.33 Å². The van der Waals surface area contributed by atoms with Crippen molar-refractivity contribution in [2.75, 3.05) is 18.5 Å². The average Bonchev–Trinajstić information content (AvgIpc) is 3.40. The molecule has 0 radical (unpaired) electrons. The van der Waals surface area contributed by atoms with Crippen molar-refractivity contribution >= 4 is 17.3 Å². The van der Waals surface area contributed by atoms with Gasteiger partial charge in [-0.25, -0.2) is 4.98 Å². The van der Waals surface area contributed by atoms with Crippen molar-refractivity contribution in [3.8, 4) is 17.1 Å². The van der Waals surface area contributed by atoms with Gasteiger partial charge in [-0.05, 0) is 43.2 Å². The molecule has 0 amide bonds. The minimum absolute atomic E-state index is 0.181. The number of hydrogen-bond acceptors (Lipinski definition) is 5. The Morgan fingerprint density at radius 1 is 1.26 bits per heavy atom. The molecule has 0 aliphatic carbocycles. The van der Waals surface area contributed by atoms with Crippen LogP contribution in [0.25, 0.3) is 11.4 Å². The summed E-state index contributed by atoms with van der Waals surface area (Å²) >= 11 is 6.19. The molecule has 0 saturated carbocycles. The molecular weight excluding hydrogens is 364 g/mol. The molecule has 4 rings (SSSR count). The lowest BCUT2D eigenvalue weighted by Crippen LogP contribution is -2.17. The quantitative estimate of drug-likeness (QED) is 0.635. The van der Waals surface area contributed by atoms with Gasteiger partial charge in [0.1, 0.15) is 18.7 Å². The van der Waals surface area contributed by atoms with Crippen molar-refractivity contribution < 1.29 is 9.47 Å². The highest BCUT2D eigenvalue weighted by Crippen LogP contribution is 2.26. The van der Waals surface area contributed by atoms with Gasteiger partial charge in [0.15, 0.2) is 5.82 Å². The number of hydrogen-bond donors (Lipinski definition) is 2. The molecule has 3 aromatic rings.